The number of aliphatic hydroxyl groups is 3. The van der Waals surface area contributed by atoms with Crippen LogP contribution in [-0.4, -0.2) is 140 Å². The zero-order chi connectivity index (χ0) is 83.0. The number of ether oxygens (including phenoxy) is 7. The molecule has 0 fully saturated rings. The van der Waals surface area contributed by atoms with E-state index < -0.39 is 113 Å². The summed E-state index contributed by atoms with van der Waals surface area (Å²) in [6.07, 6.45) is 5.51. The molecule has 0 heterocycles. The van der Waals surface area contributed by atoms with Gasteiger partial charge < -0.3 is 74.0 Å². The van der Waals surface area contributed by atoms with Gasteiger partial charge in [-0.1, -0.05) is 67.5 Å². The summed E-state index contributed by atoms with van der Waals surface area (Å²) < 4.78 is 173. The molecule has 107 heavy (non-hydrogen) atoms. The lowest BCUT2D eigenvalue weighted by Crippen LogP contribution is -2.41. The number of amides is 3. The summed E-state index contributed by atoms with van der Waals surface area (Å²) >= 11 is 12.2. The minimum absolute atomic E-state index is 0. The summed E-state index contributed by atoms with van der Waals surface area (Å²) in [7, 11) is -1.84. The predicted octanol–water partition coefficient (Wildman–Crippen LogP) is 19.0. The van der Waals surface area contributed by atoms with Crippen LogP contribution in [0.5, 0.6) is 28.7 Å². The molecule has 7 N–H and O–H groups in total. The normalized spacial score (nSPS) is 11.8. The van der Waals surface area contributed by atoms with Gasteiger partial charge in [0.05, 0.1) is 57.5 Å². The van der Waals surface area contributed by atoms with E-state index in [0.29, 0.717) is 34.0 Å². The summed E-state index contributed by atoms with van der Waals surface area (Å²) in [5.41, 5.74) is -1.11. The number of aromatic hydroxyl groups is 1. The van der Waals surface area contributed by atoms with Gasteiger partial charge in [-0.2, -0.15) is 22.0 Å². The molecule has 0 saturated carbocycles. The van der Waals surface area contributed by atoms with E-state index in [-0.39, 0.29) is 97.8 Å². The topological polar surface area (TPSA) is 242 Å². The zero-order valence-electron chi connectivity index (χ0n) is 63.1. The number of carbonyl (C=O) groups is 3. The van der Waals surface area contributed by atoms with Crippen LogP contribution in [-0.2, 0) is 25.1 Å². The van der Waals surface area contributed by atoms with Crippen molar-refractivity contribution >= 4 is 90.3 Å². The van der Waals surface area contributed by atoms with E-state index in [0.717, 1.165) is 35.7 Å². The van der Waals surface area contributed by atoms with Gasteiger partial charge in [0.1, 0.15) is 43.2 Å². The maximum atomic E-state index is 13.8. The fraction of sp³-hybridized carbons (Fsp3) is 0.500. The van der Waals surface area contributed by atoms with Crippen LogP contribution < -0.4 is 34.9 Å². The lowest BCUT2D eigenvalue weighted by atomic mass is 10.0. The molecule has 0 spiro atoms. The second-order valence-corrected chi connectivity index (χ2v) is 34.9. The summed E-state index contributed by atoms with van der Waals surface area (Å²) in [6, 6.07) is 10.5. The number of alkyl halides is 1. The molecule has 0 aliphatic carbocycles. The third-order valence-electron chi connectivity index (χ3n) is 12.8. The number of halogens is 14. The van der Waals surface area contributed by atoms with Crippen LogP contribution in [0.25, 0.3) is 0 Å². The monoisotopic (exact) mass is 1810 g/mol. The van der Waals surface area contributed by atoms with Crippen molar-refractivity contribution < 1.29 is 118 Å². The van der Waals surface area contributed by atoms with E-state index in [1.807, 2.05) is 0 Å². The summed E-state index contributed by atoms with van der Waals surface area (Å²) in [5, 5.41) is 43.6. The van der Waals surface area contributed by atoms with Crippen molar-refractivity contribution in [2.75, 3.05) is 58.2 Å². The van der Waals surface area contributed by atoms with Gasteiger partial charge in [0.15, 0.2) is 66.2 Å². The first kappa shape index (κ1) is 102. The number of carbonyl (C=O) groups excluding carboxylic acids is 3. The number of terminal acetylenes is 1. The lowest BCUT2D eigenvalue weighted by molar-refractivity contribution is 0.0498. The number of phenolic OH excluding ortho intramolecular Hbond substituents is 1. The number of benzene rings is 5. The maximum absolute atomic E-state index is 13.8. The fourth-order valence-corrected chi connectivity index (χ4v) is 8.95. The van der Waals surface area contributed by atoms with Crippen molar-refractivity contribution in [2.24, 2.45) is 0 Å². The predicted molar refractivity (Wildman–Crippen MR) is 410 cm³/mol. The smallest absolute Gasteiger partial charge is 0.408 e. The van der Waals surface area contributed by atoms with E-state index in [2.05, 4.69) is 138 Å². The molecule has 33 heteroatoms. The molecule has 0 unspecified atom stereocenters. The maximum Gasteiger partial charge on any atom is 0.408 e. The second kappa shape index (κ2) is 50.9. The van der Waals surface area contributed by atoms with Crippen LogP contribution in [0.4, 0.5) is 58.3 Å². The first-order valence-corrected chi connectivity index (χ1v) is 39.3. The number of rotatable bonds is 21. The lowest BCUT2D eigenvalue weighted by Gasteiger charge is -2.36. The number of aliphatic hydroxyl groups excluding tert-OH is 3. The number of nitrogens with one attached hydrogen (secondary N) is 3. The van der Waals surface area contributed by atoms with Crippen molar-refractivity contribution in [3.63, 3.8) is 0 Å². The number of hydrogen-bond donors (Lipinski definition) is 7. The molecule has 0 aliphatic heterocycles. The van der Waals surface area contributed by atoms with Crippen LogP contribution in [0.15, 0.2) is 74.1 Å². The van der Waals surface area contributed by atoms with Crippen molar-refractivity contribution in [1.82, 2.24) is 16.0 Å². The van der Waals surface area contributed by atoms with Gasteiger partial charge in [0, 0.05) is 12.8 Å². The molecule has 0 saturated heterocycles. The van der Waals surface area contributed by atoms with Crippen molar-refractivity contribution in [2.45, 2.75) is 183 Å². The van der Waals surface area contributed by atoms with Gasteiger partial charge in [0.25, 0.3) is 0 Å². The van der Waals surface area contributed by atoms with Gasteiger partial charge in [-0.05, 0) is 228 Å². The molecular formula is C74H101Br4F10N3O15Si. The largest absolute Gasteiger partial charge is 0.504 e. The second-order valence-electron chi connectivity index (χ2n) is 26.7. The highest BCUT2D eigenvalue weighted by Gasteiger charge is 2.37. The minimum Gasteiger partial charge on any atom is -0.504 e. The zero-order valence-corrected chi connectivity index (χ0v) is 70.5. The Balaban J connectivity index is -0.00000124. The van der Waals surface area contributed by atoms with Crippen LogP contribution in [0, 0.1) is 82.4 Å². The van der Waals surface area contributed by atoms with Gasteiger partial charge in [-0.15, -0.1) is 6.42 Å². The molecule has 0 bridgehead atoms. The van der Waals surface area contributed by atoms with Gasteiger partial charge in [0.2, 0.25) is 29.1 Å². The van der Waals surface area contributed by atoms with E-state index in [1.165, 1.54) is 36.8 Å². The first-order chi connectivity index (χ1) is 49.4. The number of hydrogen-bond acceptors (Lipinski definition) is 15. The molecule has 3 atom stereocenters. The summed E-state index contributed by atoms with van der Waals surface area (Å²) in [4.78, 5) is 34.3. The van der Waals surface area contributed by atoms with Crippen LogP contribution >= 0.6 is 63.7 Å². The molecule has 0 aliphatic rings. The molecule has 3 amide bonds. The van der Waals surface area contributed by atoms with Crippen LogP contribution in [0.1, 0.15) is 136 Å². The minimum atomic E-state index is -1.84. The van der Waals surface area contributed by atoms with E-state index in [4.69, 9.17) is 64.4 Å². The van der Waals surface area contributed by atoms with Gasteiger partial charge in [-0.25, -0.2) is 36.3 Å². The number of aryl methyl sites for hydroxylation is 1. The molecule has 604 valence electrons. The molecule has 5 aromatic carbocycles. The van der Waals surface area contributed by atoms with E-state index in [9.17, 15) is 58.3 Å². The van der Waals surface area contributed by atoms with Gasteiger partial charge >= 0.3 is 18.3 Å². The van der Waals surface area contributed by atoms with Crippen LogP contribution in [0.3, 0.4) is 0 Å². The highest BCUT2D eigenvalue weighted by molar-refractivity contribution is 9.11. The Hall–Kier alpha value is -6.69. The highest BCUT2D eigenvalue weighted by atomic mass is 79.9. The number of alkyl carbamates (subject to hydrolysis) is 3. The Kier molecular flexibility index (Phi) is 48.7. The van der Waals surface area contributed by atoms with E-state index in [1.54, 1.807) is 83.1 Å². The molecule has 18 nitrogen and oxygen atoms in total. The molecule has 0 radical (unpaired) electrons. The fourth-order valence-electron chi connectivity index (χ4n) is 6.78. The number of phenols is 1. The molecular weight excluding hydrogens is 1710 g/mol. The van der Waals surface area contributed by atoms with E-state index >= 15 is 0 Å². The molecule has 5 aromatic rings. The Morgan fingerprint density at radius 3 is 1.25 bits per heavy atom. The van der Waals surface area contributed by atoms with Gasteiger partial charge in [-0.3, -0.25) is 0 Å². The summed E-state index contributed by atoms with van der Waals surface area (Å²) in [5.74, 6) is -4.46. The quantitative estimate of drug-likeness (QED) is 0.00687. The summed E-state index contributed by atoms with van der Waals surface area (Å²) in [6.45, 7) is 33.1. The highest BCUT2D eigenvalue weighted by Crippen LogP contribution is 2.37. The Bertz CT molecular complexity index is 3640. The Morgan fingerprint density at radius 1 is 0.514 bits per heavy atom. The van der Waals surface area contributed by atoms with Crippen molar-refractivity contribution in [3.05, 3.63) is 143 Å². The average Bonchev–Trinajstić information content (AvgIpc) is 0.816. The van der Waals surface area contributed by atoms with Crippen LogP contribution in [0.2, 0.25) is 18.1 Å². The Labute approximate surface area is 657 Å². The van der Waals surface area contributed by atoms with Crippen molar-refractivity contribution in [3.8, 4) is 52.9 Å². The Morgan fingerprint density at radius 2 is 0.860 bits per heavy atom. The first-order valence-electron chi connectivity index (χ1n) is 32.9. The third kappa shape index (κ3) is 43.3. The molecule has 0 aromatic heterocycles. The standard InChI is InChI=1S/C17H25F2NO4.C17H21F2NO4.C14H21BrF2O2Si.C9H15NO2.C8H7BrF2O2.C6H3BrF2O.C3H7Br.H2/c2*1-11(20-16(22)24-17(2,3)4)5-6-12-7-8-13(18)14(19)15(12)23-10-9-21;1-14(2,3)20(4,5)19-9-8-18-13-10(15)6-7-11(16)12(13)17;1-6-7(2)10-8(11)12-9(3,4)5;9-5-1-2-6(10)7(11)8(5)13-4-3-12;7-3-1-2-4(8)5(9)6(3)10;1-2-3-4;/h7-8,11,21H,5-6,9-10H2,1-4H3,(H,20,22);7-8,11,21H,9-10H2,1-4H3,(H,20,22);6-7H,8-9H2,1-5H3;1,7H,2-5H3,(H,10,11);1-2,12H,3-4H2;1-2,10H;2-3H2,1H3;1H/t2*11-;;7-;;;;/m11.1..../s1. The average molecular weight is 1810 g/mol. The SMILES string of the molecule is C#C[C@@H](C)NC(=O)OC(C)(C)C.CC(C)(C)[Si](C)(C)OCCOc1c(Br)ccc(F)c1F.CCCBr.C[C@H](C#Cc1ccc(F)c(F)c1OCCO)NC(=O)OC(C)(C)C.C[C@H](CCc1ccc(F)c(F)c1OCCO)NC(=O)OC(C)(C)C.OCCOc1c(Br)ccc(F)c1F.Oc1c(Br)ccc(F)c1F.[HH]. The third-order valence-corrected chi connectivity index (χ3v) is 20.0. The van der Waals surface area contributed by atoms with Crippen molar-refractivity contribution in [1.29, 1.82) is 0 Å². The molecule has 5 rings (SSSR count).